The van der Waals surface area contributed by atoms with Crippen molar-refractivity contribution in [1.29, 1.82) is 0 Å². The first kappa shape index (κ1) is 19.8. The molecule has 2 fully saturated rings. The molecule has 2 aliphatic heterocycles. The van der Waals surface area contributed by atoms with Crippen LogP contribution in [-0.2, 0) is 16.1 Å². The number of carbonyl (C=O) groups excluding carboxylic acids is 2. The number of nitrogens with two attached hydrogens (primary N) is 1. The molecule has 1 aromatic carbocycles. The highest BCUT2D eigenvalue weighted by Crippen LogP contribution is 2.18. The Hall–Kier alpha value is -1.96. The Morgan fingerprint density at radius 3 is 2.37 bits per heavy atom. The molecule has 7 heteroatoms. The summed E-state index contributed by atoms with van der Waals surface area (Å²) < 4.78 is 0. The first-order chi connectivity index (χ1) is 13.1. The smallest absolute Gasteiger partial charge is 0.237 e. The summed E-state index contributed by atoms with van der Waals surface area (Å²) in [5.41, 5.74) is 6.61. The molecular weight excluding hydrogens is 344 g/mol. The van der Waals surface area contributed by atoms with E-state index in [1.807, 2.05) is 23.1 Å². The van der Waals surface area contributed by atoms with Gasteiger partial charge in [-0.25, -0.2) is 0 Å². The molecule has 0 bridgehead atoms. The van der Waals surface area contributed by atoms with Crippen molar-refractivity contribution in [2.75, 3.05) is 45.9 Å². The van der Waals surface area contributed by atoms with Crippen LogP contribution in [0.1, 0.15) is 18.4 Å². The molecule has 0 aromatic heterocycles. The largest absolute Gasteiger partial charge is 0.394 e. The van der Waals surface area contributed by atoms with Gasteiger partial charge in [0, 0.05) is 32.1 Å². The molecular formula is C20H30N4O3. The molecule has 2 amide bonds. The van der Waals surface area contributed by atoms with Crippen molar-refractivity contribution < 1.29 is 14.7 Å². The van der Waals surface area contributed by atoms with Gasteiger partial charge >= 0.3 is 0 Å². The summed E-state index contributed by atoms with van der Waals surface area (Å²) >= 11 is 0. The fourth-order valence-corrected chi connectivity index (χ4v) is 4.05. The van der Waals surface area contributed by atoms with Gasteiger partial charge in [0.15, 0.2) is 0 Å². The number of rotatable bonds is 6. The van der Waals surface area contributed by atoms with Crippen molar-refractivity contribution in [2.24, 2.45) is 11.7 Å². The lowest BCUT2D eigenvalue weighted by Gasteiger charge is -2.42. The lowest BCUT2D eigenvalue weighted by atomic mass is 9.96. The van der Waals surface area contributed by atoms with Crippen LogP contribution >= 0.6 is 0 Å². The van der Waals surface area contributed by atoms with E-state index in [4.69, 9.17) is 5.73 Å². The van der Waals surface area contributed by atoms with Gasteiger partial charge in [0.2, 0.25) is 11.8 Å². The summed E-state index contributed by atoms with van der Waals surface area (Å²) in [6, 6.07) is 10.1. The number of amides is 2. The maximum absolute atomic E-state index is 12.8. The second kappa shape index (κ2) is 9.30. The number of nitrogens with zero attached hydrogens (tertiary/aromatic N) is 3. The van der Waals surface area contributed by atoms with Crippen LogP contribution in [0.5, 0.6) is 0 Å². The molecule has 0 radical (unpaired) electrons. The van der Waals surface area contributed by atoms with Crippen LogP contribution < -0.4 is 5.73 Å². The Balaban J connectivity index is 1.50. The van der Waals surface area contributed by atoms with E-state index >= 15 is 0 Å². The molecule has 3 rings (SSSR count). The van der Waals surface area contributed by atoms with Crippen molar-refractivity contribution in [2.45, 2.75) is 25.4 Å². The van der Waals surface area contributed by atoms with Crippen LogP contribution in [0.25, 0.3) is 0 Å². The Labute approximate surface area is 160 Å². The second-order valence-corrected chi connectivity index (χ2v) is 7.60. The predicted octanol–water partition coefficient (Wildman–Crippen LogP) is -0.111. The molecule has 2 aliphatic rings. The van der Waals surface area contributed by atoms with Crippen LogP contribution in [0, 0.1) is 5.92 Å². The standard InChI is InChI=1S/C20H30N4O3/c21-20(27)17-6-8-22(9-7-17)14-19(26)24-11-10-23(13-18(24)15-25)12-16-4-2-1-3-5-16/h1-5,17-18,25H,6-15H2,(H2,21,27)/t18-/m1/s1. The molecule has 2 heterocycles. The lowest BCUT2D eigenvalue weighted by molar-refractivity contribution is -0.139. The third-order valence-electron chi connectivity index (χ3n) is 5.70. The first-order valence-corrected chi connectivity index (χ1v) is 9.75. The number of hydrogen-bond acceptors (Lipinski definition) is 5. The monoisotopic (exact) mass is 374 g/mol. The minimum atomic E-state index is -0.240. The molecule has 0 unspecified atom stereocenters. The van der Waals surface area contributed by atoms with Gasteiger partial charge < -0.3 is 15.7 Å². The molecule has 7 nitrogen and oxygen atoms in total. The molecule has 1 aromatic rings. The average Bonchev–Trinajstić information content (AvgIpc) is 2.69. The van der Waals surface area contributed by atoms with Gasteiger partial charge in [-0.05, 0) is 31.5 Å². The average molecular weight is 374 g/mol. The van der Waals surface area contributed by atoms with Crippen molar-refractivity contribution >= 4 is 11.8 Å². The molecule has 1 atom stereocenters. The van der Waals surface area contributed by atoms with E-state index in [2.05, 4.69) is 21.9 Å². The quantitative estimate of drug-likeness (QED) is 0.725. The highest BCUT2D eigenvalue weighted by molar-refractivity contribution is 5.79. The SMILES string of the molecule is NC(=O)C1CCN(CC(=O)N2CCN(Cc3ccccc3)C[C@@H]2CO)CC1. The highest BCUT2D eigenvalue weighted by Gasteiger charge is 2.32. The van der Waals surface area contributed by atoms with Crippen LogP contribution in [0.15, 0.2) is 30.3 Å². The van der Waals surface area contributed by atoms with Crippen molar-refractivity contribution in [3.05, 3.63) is 35.9 Å². The number of piperazine rings is 1. The Kier molecular flexibility index (Phi) is 6.82. The third kappa shape index (κ3) is 5.28. The van der Waals surface area contributed by atoms with E-state index in [1.165, 1.54) is 5.56 Å². The van der Waals surface area contributed by atoms with Crippen molar-refractivity contribution in [3.63, 3.8) is 0 Å². The van der Waals surface area contributed by atoms with Crippen LogP contribution in [0.2, 0.25) is 0 Å². The van der Waals surface area contributed by atoms with E-state index < -0.39 is 0 Å². The van der Waals surface area contributed by atoms with Crippen LogP contribution in [-0.4, -0.2) is 83.5 Å². The zero-order valence-electron chi connectivity index (χ0n) is 15.8. The minimum absolute atomic E-state index is 0.0270. The fraction of sp³-hybridized carbons (Fsp3) is 0.600. The molecule has 0 spiro atoms. The van der Waals surface area contributed by atoms with Gasteiger partial charge in [-0.2, -0.15) is 0 Å². The third-order valence-corrected chi connectivity index (χ3v) is 5.70. The summed E-state index contributed by atoms with van der Waals surface area (Å²) in [7, 11) is 0. The van der Waals surface area contributed by atoms with E-state index in [0.717, 1.165) is 39.0 Å². The molecule has 0 aliphatic carbocycles. The number of aliphatic hydroxyl groups excluding tert-OH is 1. The van der Waals surface area contributed by atoms with Gasteiger partial charge in [0.05, 0.1) is 19.2 Å². The van der Waals surface area contributed by atoms with E-state index in [9.17, 15) is 14.7 Å². The Morgan fingerprint density at radius 2 is 1.74 bits per heavy atom. The molecule has 148 valence electrons. The Morgan fingerprint density at radius 1 is 1.04 bits per heavy atom. The normalized spacial score (nSPS) is 22.7. The number of carbonyl (C=O) groups is 2. The number of primary amides is 1. The summed E-state index contributed by atoms with van der Waals surface area (Å²) in [6.07, 6.45) is 1.44. The molecule has 0 saturated carbocycles. The van der Waals surface area contributed by atoms with Crippen LogP contribution in [0.4, 0.5) is 0 Å². The van der Waals surface area contributed by atoms with E-state index in [1.54, 1.807) is 0 Å². The fourth-order valence-electron chi connectivity index (χ4n) is 4.05. The van der Waals surface area contributed by atoms with Gasteiger partial charge in [0.25, 0.3) is 0 Å². The number of hydrogen-bond donors (Lipinski definition) is 2. The zero-order chi connectivity index (χ0) is 19.2. The number of piperidine rings is 1. The highest BCUT2D eigenvalue weighted by atomic mass is 16.3. The van der Waals surface area contributed by atoms with Crippen LogP contribution in [0.3, 0.4) is 0 Å². The first-order valence-electron chi connectivity index (χ1n) is 9.75. The van der Waals surface area contributed by atoms with E-state index in [0.29, 0.717) is 19.6 Å². The Bertz CT molecular complexity index is 631. The second-order valence-electron chi connectivity index (χ2n) is 7.60. The van der Waals surface area contributed by atoms with Gasteiger partial charge in [-0.15, -0.1) is 0 Å². The maximum Gasteiger partial charge on any atom is 0.237 e. The molecule has 2 saturated heterocycles. The topological polar surface area (TPSA) is 90.1 Å². The minimum Gasteiger partial charge on any atom is -0.394 e. The summed E-state index contributed by atoms with van der Waals surface area (Å²) in [5, 5.41) is 9.81. The molecule has 27 heavy (non-hydrogen) atoms. The van der Waals surface area contributed by atoms with Gasteiger partial charge in [-0.3, -0.25) is 19.4 Å². The zero-order valence-corrected chi connectivity index (χ0v) is 15.8. The van der Waals surface area contributed by atoms with Crippen molar-refractivity contribution in [1.82, 2.24) is 14.7 Å². The summed E-state index contributed by atoms with van der Waals surface area (Å²) in [6.45, 7) is 4.71. The van der Waals surface area contributed by atoms with Crippen molar-refractivity contribution in [3.8, 4) is 0 Å². The number of likely N-dealkylation sites (tertiary alicyclic amines) is 1. The molecule has 3 N–H and O–H groups in total. The van der Waals surface area contributed by atoms with Gasteiger partial charge in [0.1, 0.15) is 0 Å². The number of aliphatic hydroxyl groups is 1. The number of benzene rings is 1. The predicted molar refractivity (Wildman–Crippen MR) is 103 cm³/mol. The summed E-state index contributed by atoms with van der Waals surface area (Å²) in [4.78, 5) is 30.3. The maximum atomic E-state index is 12.8. The lowest BCUT2D eigenvalue weighted by Crippen LogP contribution is -2.58. The van der Waals surface area contributed by atoms with Gasteiger partial charge in [-0.1, -0.05) is 30.3 Å². The van der Waals surface area contributed by atoms with E-state index in [-0.39, 0.29) is 30.4 Å². The summed E-state index contributed by atoms with van der Waals surface area (Å²) in [5.74, 6) is -0.245.